The zero-order valence-corrected chi connectivity index (χ0v) is 10.2. The zero-order valence-electron chi connectivity index (χ0n) is 10.2. The highest BCUT2D eigenvalue weighted by molar-refractivity contribution is 5.96. The van der Waals surface area contributed by atoms with Crippen LogP contribution >= 0.6 is 0 Å². The summed E-state index contributed by atoms with van der Waals surface area (Å²) in [4.78, 5) is 35.6. The number of aliphatic carboxylic acids is 1. The van der Waals surface area contributed by atoms with E-state index in [4.69, 9.17) is 10.6 Å². The first kappa shape index (κ1) is 15.0. The van der Waals surface area contributed by atoms with Crippen LogP contribution in [0.4, 0.5) is 5.69 Å². The van der Waals surface area contributed by atoms with Crippen LogP contribution in [0.2, 0.25) is 0 Å². The monoisotopic (exact) mass is 277 g/mol. The van der Waals surface area contributed by atoms with E-state index in [0.717, 1.165) is 0 Å². The van der Waals surface area contributed by atoms with Crippen molar-refractivity contribution >= 4 is 23.5 Å². The minimum atomic E-state index is -1.17. The Balaban J connectivity index is 2.48. The predicted molar refractivity (Wildman–Crippen MR) is 68.2 cm³/mol. The first-order chi connectivity index (χ1) is 9.52. The molecule has 0 saturated carbocycles. The van der Waals surface area contributed by atoms with Gasteiger partial charge in [0.1, 0.15) is 6.54 Å². The first-order valence-electron chi connectivity index (χ1n) is 5.45. The molecule has 0 aliphatic heterocycles. The minimum absolute atomic E-state index is 0.285. The summed E-state index contributed by atoms with van der Waals surface area (Å²) in [6, 6.07) is 5.79. The van der Waals surface area contributed by atoms with Crippen LogP contribution in [0.15, 0.2) is 29.4 Å². The van der Waals surface area contributed by atoms with E-state index >= 15 is 0 Å². The largest absolute Gasteiger partial charge is 0.480 e. The third kappa shape index (κ3) is 5.07. The number of rotatable bonds is 6. The van der Waals surface area contributed by atoms with Gasteiger partial charge in [-0.3, -0.25) is 14.4 Å². The van der Waals surface area contributed by atoms with Gasteiger partial charge in [0.25, 0.3) is 5.91 Å². The van der Waals surface area contributed by atoms with E-state index in [9.17, 15) is 14.4 Å². The van der Waals surface area contributed by atoms with Gasteiger partial charge in [-0.05, 0) is 17.7 Å². The van der Waals surface area contributed by atoms with Crippen molar-refractivity contribution in [2.45, 2.75) is 0 Å². The summed E-state index contributed by atoms with van der Waals surface area (Å²) in [5, 5.41) is 16.1. The van der Waals surface area contributed by atoms with Crippen molar-refractivity contribution in [1.29, 1.82) is 0 Å². The molecule has 0 heterocycles. The molecular formula is C11H11N5O4. The maximum Gasteiger partial charge on any atom is 0.322 e. The fourth-order valence-corrected chi connectivity index (χ4v) is 1.23. The standard InChI is InChI=1S/C11H11N5O4/c12-16-15-8-3-1-7(2-4-8)11(20)14-5-9(17)13-6-10(18)19/h1-4H,5-6H2,(H,13,17)(H,14,20)(H,18,19). The summed E-state index contributed by atoms with van der Waals surface area (Å²) in [5.74, 6) is -2.27. The van der Waals surface area contributed by atoms with E-state index in [-0.39, 0.29) is 12.1 Å². The number of amides is 2. The van der Waals surface area contributed by atoms with Crippen molar-refractivity contribution in [3.05, 3.63) is 40.3 Å². The second kappa shape index (κ2) is 7.39. The van der Waals surface area contributed by atoms with Gasteiger partial charge < -0.3 is 15.7 Å². The summed E-state index contributed by atoms with van der Waals surface area (Å²) >= 11 is 0. The SMILES string of the molecule is [N-]=[N+]=Nc1ccc(C(=O)NCC(=O)NCC(=O)O)cc1. The summed E-state index contributed by atoms with van der Waals surface area (Å²) in [6.07, 6.45) is 0. The van der Waals surface area contributed by atoms with Crippen LogP contribution < -0.4 is 10.6 Å². The summed E-state index contributed by atoms with van der Waals surface area (Å²) in [6.45, 7) is -0.834. The Morgan fingerprint density at radius 2 is 1.80 bits per heavy atom. The summed E-state index contributed by atoms with van der Waals surface area (Å²) < 4.78 is 0. The average Bonchev–Trinajstić information content (AvgIpc) is 2.43. The highest BCUT2D eigenvalue weighted by Gasteiger charge is 2.08. The molecule has 0 aromatic heterocycles. The Morgan fingerprint density at radius 3 is 2.35 bits per heavy atom. The van der Waals surface area contributed by atoms with Crippen molar-refractivity contribution in [3.63, 3.8) is 0 Å². The average molecular weight is 277 g/mol. The summed E-state index contributed by atoms with van der Waals surface area (Å²) in [5.41, 5.74) is 8.88. The number of carboxylic acids is 1. The quantitative estimate of drug-likeness (QED) is 0.396. The highest BCUT2D eigenvalue weighted by atomic mass is 16.4. The van der Waals surface area contributed by atoms with Crippen LogP contribution in [0, 0.1) is 0 Å². The van der Waals surface area contributed by atoms with Crippen LogP contribution in [-0.2, 0) is 9.59 Å². The van der Waals surface area contributed by atoms with Crippen molar-refractivity contribution in [2.75, 3.05) is 13.1 Å². The number of nitrogens with zero attached hydrogens (tertiary/aromatic N) is 3. The van der Waals surface area contributed by atoms with Crippen LogP contribution in [-0.4, -0.2) is 36.0 Å². The molecule has 0 fully saturated rings. The number of carboxylic acid groups (broad SMARTS) is 1. The van der Waals surface area contributed by atoms with Gasteiger partial charge in [-0.2, -0.15) is 0 Å². The lowest BCUT2D eigenvalue weighted by Gasteiger charge is -2.05. The van der Waals surface area contributed by atoms with Crippen molar-refractivity contribution in [2.24, 2.45) is 5.11 Å². The van der Waals surface area contributed by atoms with Crippen molar-refractivity contribution in [1.82, 2.24) is 10.6 Å². The lowest BCUT2D eigenvalue weighted by Crippen LogP contribution is -2.38. The molecule has 0 aliphatic rings. The number of azide groups is 1. The van der Waals surface area contributed by atoms with E-state index in [0.29, 0.717) is 5.69 Å². The smallest absolute Gasteiger partial charge is 0.322 e. The molecule has 9 nitrogen and oxygen atoms in total. The van der Waals surface area contributed by atoms with Crippen molar-refractivity contribution in [3.8, 4) is 0 Å². The molecular weight excluding hydrogens is 266 g/mol. The van der Waals surface area contributed by atoms with Crippen LogP contribution in [0.1, 0.15) is 10.4 Å². The molecule has 3 N–H and O–H groups in total. The maximum absolute atomic E-state index is 11.6. The molecule has 0 bridgehead atoms. The number of nitrogens with one attached hydrogen (secondary N) is 2. The third-order valence-electron chi connectivity index (χ3n) is 2.14. The highest BCUT2D eigenvalue weighted by Crippen LogP contribution is 2.12. The lowest BCUT2D eigenvalue weighted by molar-refractivity contribution is -0.137. The molecule has 1 aromatic rings. The second-order valence-electron chi connectivity index (χ2n) is 3.59. The molecule has 0 unspecified atom stereocenters. The van der Waals surface area contributed by atoms with Gasteiger partial charge in [0, 0.05) is 16.2 Å². The molecule has 0 spiro atoms. The van der Waals surface area contributed by atoms with Crippen molar-refractivity contribution < 1.29 is 19.5 Å². The Bertz CT molecular complexity index is 563. The molecule has 0 atom stereocenters. The van der Waals surface area contributed by atoms with E-state index in [1.165, 1.54) is 24.3 Å². The van der Waals surface area contributed by atoms with E-state index in [2.05, 4.69) is 20.7 Å². The summed E-state index contributed by atoms with van der Waals surface area (Å²) in [7, 11) is 0. The maximum atomic E-state index is 11.6. The number of hydrogen-bond acceptors (Lipinski definition) is 4. The topological polar surface area (TPSA) is 144 Å². The van der Waals surface area contributed by atoms with Crippen LogP contribution in [0.5, 0.6) is 0 Å². The molecule has 1 rings (SSSR count). The molecule has 0 aliphatic carbocycles. The molecule has 0 saturated heterocycles. The fraction of sp³-hybridized carbons (Fsp3) is 0.182. The van der Waals surface area contributed by atoms with Gasteiger partial charge >= 0.3 is 5.97 Å². The Morgan fingerprint density at radius 1 is 1.15 bits per heavy atom. The minimum Gasteiger partial charge on any atom is -0.480 e. The van der Waals surface area contributed by atoms with Crippen LogP contribution in [0.3, 0.4) is 0 Å². The van der Waals surface area contributed by atoms with E-state index in [1.807, 2.05) is 0 Å². The fourth-order valence-electron chi connectivity index (χ4n) is 1.23. The molecule has 1 aromatic carbocycles. The van der Waals surface area contributed by atoms with Gasteiger partial charge in [0.15, 0.2) is 0 Å². The molecule has 104 valence electrons. The normalized spacial score (nSPS) is 9.20. The van der Waals surface area contributed by atoms with Gasteiger partial charge in [0.2, 0.25) is 5.91 Å². The first-order valence-corrected chi connectivity index (χ1v) is 5.45. The number of carbonyl (C=O) groups excluding carboxylic acids is 2. The van der Waals surface area contributed by atoms with Gasteiger partial charge in [-0.15, -0.1) is 0 Å². The van der Waals surface area contributed by atoms with E-state index in [1.54, 1.807) is 0 Å². The predicted octanol–water partition coefficient (Wildman–Crippen LogP) is 0.559. The molecule has 0 radical (unpaired) electrons. The Labute approximate surface area is 113 Å². The molecule has 2 amide bonds. The zero-order chi connectivity index (χ0) is 15.0. The molecule has 9 heteroatoms. The Kier molecular flexibility index (Phi) is 5.54. The molecule has 20 heavy (non-hydrogen) atoms. The van der Waals surface area contributed by atoms with Gasteiger partial charge in [-0.25, -0.2) is 0 Å². The number of benzene rings is 1. The van der Waals surface area contributed by atoms with Gasteiger partial charge in [-0.1, -0.05) is 17.2 Å². The Hall–Kier alpha value is -3.06. The second-order valence-corrected chi connectivity index (χ2v) is 3.59. The third-order valence-corrected chi connectivity index (χ3v) is 2.14. The number of hydrogen-bond donors (Lipinski definition) is 3. The van der Waals surface area contributed by atoms with E-state index < -0.39 is 24.3 Å². The van der Waals surface area contributed by atoms with Gasteiger partial charge in [0.05, 0.1) is 6.54 Å². The van der Waals surface area contributed by atoms with Crippen LogP contribution in [0.25, 0.3) is 10.4 Å². The lowest BCUT2D eigenvalue weighted by atomic mass is 10.2. The number of carbonyl (C=O) groups is 3.